The van der Waals surface area contributed by atoms with Crippen LogP contribution in [0.3, 0.4) is 0 Å². The van der Waals surface area contributed by atoms with Gasteiger partial charge < -0.3 is 0 Å². The summed E-state index contributed by atoms with van der Waals surface area (Å²) in [5.41, 5.74) is 0. The van der Waals surface area contributed by atoms with E-state index in [0.29, 0.717) is 0 Å². The van der Waals surface area contributed by atoms with Gasteiger partial charge in [0.2, 0.25) is 0 Å². The highest BCUT2D eigenvalue weighted by atomic mass is 79.9. The molecule has 0 bridgehead atoms. The number of allylic oxidation sites excluding steroid dienone is 2. The zero-order valence-corrected chi connectivity index (χ0v) is 5.53. The summed E-state index contributed by atoms with van der Waals surface area (Å²) in [5, 5.41) is 1.08. The molecule has 0 unspecified atom stereocenters. The van der Waals surface area contributed by atoms with Gasteiger partial charge in [0.1, 0.15) is 0 Å². The Hall–Kier alpha value is 0.220. The minimum atomic E-state index is 1.08. The van der Waals surface area contributed by atoms with E-state index in [2.05, 4.69) is 28.1 Å². The molecule has 0 rings (SSSR count). The molecule has 0 aliphatic heterocycles. The Morgan fingerprint density at radius 2 is 2.33 bits per heavy atom. The van der Waals surface area contributed by atoms with E-state index in [1.165, 1.54) is 0 Å². The Bertz CT molecular complexity index is 39.2. The largest absolute Gasteiger partial charge is 0.0925 e. The summed E-state index contributed by atoms with van der Waals surface area (Å²) < 4.78 is 0. The van der Waals surface area contributed by atoms with E-state index in [1.807, 2.05) is 6.92 Å². The highest BCUT2D eigenvalue weighted by Crippen LogP contribution is 1.86. The maximum atomic E-state index is 3.30. The molecule has 0 atom stereocenters. The number of alkyl halides is 1. The molecule has 6 heavy (non-hydrogen) atoms. The van der Waals surface area contributed by atoms with E-state index < -0.39 is 0 Å². The predicted molar refractivity (Wildman–Crippen MR) is 33.2 cm³/mol. The van der Waals surface area contributed by atoms with Crippen molar-refractivity contribution in [3.63, 3.8) is 0 Å². The fourth-order valence-corrected chi connectivity index (χ4v) is 0.494. The Kier molecular flexibility index (Phi) is 5.41. The molecular formula is C5H9Br. The van der Waals surface area contributed by atoms with Crippen LogP contribution in [0.25, 0.3) is 0 Å². The lowest BCUT2D eigenvalue weighted by molar-refractivity contribution is 1.25. The minimum absolute atomic E-state index is 1.08. The lowest BCUT2D eigenvalue weighted by atomic mass is 10.4. The van der Waals surface area contributed by atoms with Crippen molar-refractivity contribution in [2.24, 2.45) is 0 Å². The minimum Gasteiger partial charge on any atom is -0.0925 e. The Morgan fingerprint density at radius 1 is 1.67 bits per heavy atom. The second kappa shape index (κ2) is 5.22. The normalized spacial score (nSPS) is 10.3. The van der Waals surface area contributed by atoms with Crippen LogP contribution < -0.4 is 0 Å². The predicted octanol–water partition coefficient (Wildman–Crippen LogP) is 2.35. The molecular weight excluding hydrogens is 140 g/mol. The number of halogens is 1. The summed E-state index contributed by atoms with van der Waals surface area (Å²) in [6.45, 7) is 2.03. The van der Waals surface area contributed by atoms with E-state index in [-0.39, 0.29) is 0 Å². The monoisotopic (exact) mass is 148 g/mol. The molecule has 0 fully saturated rings. The maximum Gasteiger partial charge on any atom is 0.00659 e. The molecule has 36 valence electrons. The van der Waals surface area contributed by atoms with Crippen LogP contribution >= 0.6 is 15.9 Å². The van der Waals surface area contributed by atoms with Crippen LogP contribution in [0, 0.1) is 0 Å². The quantitative estimate of drug-likeness (QED) is 0.417. The van der Waals surface area contributed by atoms with Gasteiger partial charge in [-0.1, -0.05) is 28.1 Å². The highest BCUT2D eigenvalue weighted by molar-refractivity contribution is 9.09. The van der Waals surface area contributed by atoms with Crippen molar-refractivity contribution in [1.82, 2.24) is 0 Å². The van der Waals surface area contributed by atoms with E-state index in [0.717, 1.165) is 11.8 Å². The maximum absolute atomic E-state index is 3.30. The van der Waals surface area contributed by atoms with Crippen LogP contribution in [0.2, 0.25) is 0 Å². The van der Waals surface area contributed by atoms with E-state index in [9.17, 15) is 0 Å². The lowest BCUT2D eigenvalue weighted by Gasteiger charge is -1.74. The van der Waals surface area contributed by atoms with E-state index in [4.69, 9.17) is 0 Å². The molecule has 0 saturated carbocycles. The van der Waals surface area contributed by atoms with Crippen molar-refractivity contribution in [2.75, 3.05) is 5.33 Å². The second-order valence-electron chi connectivity index (χ2n) is 1.05. The summed E-state index contributed by atoms with van der Waals surface area (Å²) in [7, 11) is 0. The van der Waals surface area contributed by atoms with Gasteiger partial charge in [-0.05, 0) is 13.3 Å². The van der Waals surface area contributed by atoms with Gasteiger partial charge in [0.25, 0.3) is 0 Å². The summed E-state index contributed by atoms with van der Waals surface area (Å²) in [6, 6.07) is 0. The van der Waals surface area contributed by atoms with Crippen LogP contribution in [-0.2, 0) is 0 Å². The molecule has 0 aromatic carbocycles. The number of rotatable bonds is 2. The van der Waals surface area contributed by atoms with Crippen molar-refractivity contribution in [3.05, 3.63) is 12.2 Å². The van der Waals surface area contributed by atoms with E-state index >= 15 is 0 Å². The zero-order valence-electron chi connectivity index (χ0n) is 3.95. The van der Waals surface area contributed by atoms with Gasteiger partial charge in [-0.25, -0.2) is 0 Å². The van der Waals surface area contributed by atoms with Gasteiger partial charge in [0.15, 0.2) is 0 Å². The SMILES string of the molecule is C/C=C\CCBr. The van der Waals surface area contributed by atoms with Crippen LogP contribution in [0.15, 0.2) is 12.2 Å². The third kappa shape index (κ3) is 4.22. The first-order valence-electron chi connectivity index (χ1n) is 2.09. The van der Waals surface area contributed by atoms with Crippen molar-refractivity contribution in [2.45, 2.75) is 13.3 Å². The molecule has 0 aliphatic rings. The molecule has 0 amide bonds. The zero-order chi connectivity index (χ0) is 4.83. The Balaban J connectivity index is 2.66. The van der Waals surface area contributed by atoms with Crippen molar-refractivity contribution < 1.29 is 0 Å². The molecule has 0 N–H and O–H groups in total. The van der Waals surface area contributed by atoms with Gasteiger partial charge in [-0.3, -0.25) is 0 Å². The summed E-state index contributed by atoms with van der Waals surface area (Å²) in [5.74, 6) is 0. The first kappa shape index (κ1) is 6.22. The standard InChI is InChI=1S/C5H9Br/c1-2-3-4-5-6/h2-3H,4-5H2,1H3/b3-2-. The first-order valence-corrected chi connectivity index (χ1v) is 3.21. The van der Waals surface area contributed by atoms with Gasteiger partial charge in [0, 0.05) is 5.33 Å². The van der Waals surface area contributed by atoms with Crippen LogP contribution in [-0.4, -0.2) is 5.33 Å². The molecule has 0 radical (unpaired) electrons. The first-order chi connectivity index (χ1) is 2.91. The molecule has 0 heterocycles. The number of hydrogen-bond donors (Lipinski definition) is 0. The van der Waals surface area contributed by atoms with Gasteiger partial charge in [-0.15, -0.1) is 0 Å². The average Bonchev–Trinajstić information content (AvgIpc) is 1.61. The smallest absolute Gasteiger partial charge is 0.00659 e. The topological polar surface area (TPSA) is 0 Å². The highest BCUT2D eigenvalue weighted by Gasteiger charge is 1.66. The molecule has 0 nitrogen and oxygen atoms in total. The molecule has 0 saturated heterocycles. The van der Waals surface area contributed by atoms with Gasteiger partial charge >= 0.3 is 0 Å². The third-order valence-electron chi connectivity index (χ3n) is 0.511. The van der Waals surface area contributed by atoms with Crippen molar-refractivity contribution >= 4 is 15.9 Å². The third-order valence-corrected chi connectivity index (χ3v) is 0.969. The fourth-order valence-electron chi connectivity index (χ4n) is 0.230. The number of hydrogen-bond acceptors (Lipinski definition) is 0. The van der Waals surface area contributed by atoms with Crippen molar-refractivity contribution in [3.8, 4) is 0 Å². The Labute approximate surface area is 47.4 Å². The average molecular weight is 149 g/mol. The molecule has 0 aliphatic carbocycles. The second-order valence-corrected chi connectivity index (χ2v) is 1.84. The van der Waals surface area contributed by atoms with Crippen LogP contribution in [0.4, 0.5) is 0 Å². The molecule has 1 heteroatoms. The van der Waals surface area contributed by atoms with Gasteiger partial charge in [0.05, 0.1) is 0 Å². The summed E-state index contributed by atoms with van der Waals surface area (Å²) in [4.78, 5) is 0. The summed E-state index contributed by atoms with van der Waals surface area (Å²) >= 11 is 3.30. The fraction of sp³-hybridized carbons (Fsp3) is 0.600. The van der Waals surface area contributed by atoms with Crippen molar-refractivity contribution in [1.29, 1.82) is 0 Å². The van der Waals surface area contributed by atoms with E-state index in [1.54, 1.807) is 0 Å². The molecule has 0 spiro atoms. The Morgan fingerprint density at radius 3 is 2.50 bits per heavy atom. The lowest BCUT2D eigenvalue weighted by Crippen LogP contribution is -1.61. The summed E-state index contributed by atoms with van der Waals surface area (Å²) in [6.07, 6.45) is 5.34. The van der Waals surface area contributed by atoms with Crippen LogP contribution in [0.5, 0.6) is 0 Å². The van der Waals surface area contributed by atoms with Gasteiger partial charge in [-0.2, -0.15) is 0 Å². The molecule has 0 aromatic heterocycles. The van der Waals surface area contributed by atoms with Crippen LogP contribution in [0.1, 0.15) is 13.3 Å². The molecule has 0 aromatic rings.